The number of hydrogen-bond donors (Lipinski definition) is 1. The van der Waals surface area contributed by atoms with Gasteiger partial charge in [-0.25, -0.2) is 19.7 Å². The van der Waals surface area contributed by atoms with Crippen molar-refractivity contribution in [2.75, 3.05) is 18.4 Å². The molecule has 8 heteroatoms. The molecule has 1 aliphatic carbocycles. The second-order valence-corrected chi connectivity index (χ2v) is 9.52. The number of ether oxygens (including phenoxy) is 1. The first kappa shape index (κ1) is 20.6. The van der Waals surface area contributed by atoms with Gasteiger partial charge in [0.1, 0.15) is 11.4 Å². The summed E-state index contributed by atoms with van der Waals surface area (Å²) in [4.78, 5) is 28.3. The number of carbonyl (C=O) groups excluding carboxylic acids is 1. The van der Waals surface area contributed by atoms with Crippen molar-refractivity contribution < 1.29 is 9.53 Å². The molecule has 2 aromatic rings. The lowest BCUT2D eigenvalue weighted by atomic mass is 9.94. The van der Waals surface area contributed by atoms with Crippen LogP contribution in [-0.2, 0) is 24.6 Å². The molecule has 1 N–H and O–H groups in total. The van der Waals surface area contributed by atoms with Gasteiger partial charge in [-0.2, -0.15) is 0 Å². The first-order chi connectivity index (χ1) is 14.1. The van der Waals surface area contributed by atoms with Crippen LogP contribution in [0.5, 0.6) is 0 Å². The van der Waals surface area contributed by atoms with E-state index in [-0.39, 0.29) is 18.1 Å². The number of anilines is 1. The van der Waals surface area contributed by atoms with Crippen LogP contribution in [0.3, 0.4) is 0 Å². The molecule has 162 valence electrons. The number of aryl methyl sites for hydroxylation is 3. The summed E-state index contributed by atoms with van der Waals surface area (Å²) in [7, 11) is 2.04. The lowest BCUT2D eigenvalue weighted by molar-refractivity contribution is 0.0165. The third-order valence-electron chi connectivity index (χ3n) is 5.98. The Bertz CT molecular complexity index is 961. The van der Waals surface area contributed by atoms with Gasteiger partial charge in [0.15, 0.2) is 0 Å². The van der Waals surface area contributed by atoms with Gasteiger partial charge in [-0.15, -0.1) is 0 Å². The van der Waals surface area contributed by atoms with E-state index in [0.717, 1.165) is 42.2 Å². The first-order valence-electron chi connectivity index (χ1n) is 10.8. The summed E-state index contributed by atoms with van der Waals surface area (Å²) in [6, 6.07) is 0.207. The summed E-state index contributed by atoms with van der Waals surface area (Å²) in [5.41, 5.74) is 3.90. The Labute approximate surface area is 178 Å². The monoisotopic (exact) mass is 412 g/mol. The predicted molar refractivity (Wildman–Crippen MR) is 115 cm³/mol. The van der Waals surface area contributed by atoms with Crippen molar-refractivity contribution >= 4 is 12.0 Å². The zero-order valence-corrected chi connectivity index (χ0v) is 18.8. The predicted octanol–water partition coefficient (Wildman–Crippen LogP) is 3.34. The minimum Gasteiger partial charge on any atom is -0.444 e. The highest BCUT2D eigenvalue weighted by Gasteiger charge is 2.32. The minimum absolute atomic E-state index is 0.207. The average Bonchev–Trinajstić information content (AvgIpc) is 2.96. The van der Waals surface area contributed by atoms with E-state index in [1.807, 2.05) is 40.9 Å². The maximum atomic E-state index is 12.4. The first-order valence-corrected chi connectivity index (χ1v) is 10.8. The maximum Gasteiger partial charge on any atom is 0.410 e. The van der Waals surface area contributed by atoms with Crippen molar-refractivity contribution in [1.82, 2.24) is 24.4 Å². The van der Waals surface area contributed by atoms with Gasteiger partial charge in [0.25, 0.3) is 0 Å². The van der Waals surface area contributed by atoms with Crippen LogP contribution in [0, 0.1) is 12.8 Å². The second kappa shape index (κ2) is 7.56. The summed E-state index contributed by atoms with van der Waals surface area (Å²) in [5, 5.41) is 3.51. The van der Waals surface area contributed by atoms with Crippen molar-refractivity contribution in [3.05, 3.63) is 23.3 Å². The number of fused-ring (bicyclic) bond motifs is 3. The Kier molecular flexibility index (Phi) is 5.20. The summed E-state index contributed by atoms with van der Waals surface area (Å²) >= 11 is 0. The summed E-state index contributed by atoms with van der Waals surface area (Å²) in [6.45, 7) is 11.2. The SMILES string of the molecule is Cc1nc2c(n1C)-c1nc(N[C@H]3CCN(C(=O)OC(C)(C)C)C[C@H]3C)ncc1CC2. The largest absolute Gasteiger partial charge is 0.444 e. The molecule has 2 aromatic heterocycles. The Morgan fingerprint density at radius 2 is 2.03 bits per heavy atom. The van der Waals surface area contributed by atoms with Crippen LogP contribution >= 0.6 is 0 Å². The fourth-order valence-corrected chi connectivity index (χ4v) is 4.28. The highest BCUT2D eigenvalue weighted by molar-refractivity contribution is 5.68. The van der Waals surface area contributed by atoms with E-state index in [9.17, 15) is 4.79 Å². The number of nitrogens with zero attached hydrogens (tertiary/aromatic N) is 5. The van der Waals surface area contributed by atoms with Crippen LogP contribution in [0.15, 0.2) is 6.20 Å². The van der Waals surface area contributed by atoms with Crippen molar-refractivity contribution in [2.24, 2.45) is 13.0 Å². The normalized spacial score (nSPS) is 21.1. The molecule has 3 heterocycles. The molecule has 30 heavy (non-hydrogen) atoms. The van der Waals surface area contributed by atoms with E-state index in [1.165, 1.54) is 5.56 Å². The molecule has 0 spiro atoms. The smallest absolute Gasteiger partial charge is 0.410 e. The molecule has 8 nitrogen and oxygen atoms in total. The number of likely N-dealkylation sites (tertiary alicyclic amines) is 1. The van der Waals surface area contributed by atoms with Crippen molar-refractivity contribution in [3.63, 3.8) is 0 Å². The molecule has 1 amide bonds. The molecular weight excluding hydrogens is 380 g/mol. The molecule has 1 aliphatic heterocycles. The van der Waals surface area contributed by atoms with E-state index in [4.69, 9.17) is 9.72 Å². The fourth-order valence-electron chi connectivity index (χ4n) is 4.28. The molecule has 2 atom stereocenters. The van der Waals surface area contributed by atoms with Gasteiger partial charge in [0.05, 0.1) is 17.1 Å². The van der Waals surface area contributed by atoms with Gasteiger partial charge in [-0.1, -0.05) is 6.92 Å². The summed E-state index contributed by atoms with van der Waals surface area (Å²) < 4.78 is 7.64. The second-order valence-electron chi connectivity index (χ2n) is 9.52. The van der Waals surface area contributed by atoms with Crippen LogP contribution in [0.1, 0.15) is 51.2 Å². The van der Waals surface area contributed by atoms with Gasteiger partial charge in [-0.3, -0.25) is 0 Å². The fraction of sp³-hybridized carbons (Fsp3) is 0.636. The number of rotatable bonds is 2. The van der Waals surface area contributed by atoms with Crippen molar-refractivity contribution in [1.29, 1.82) is 0 Å². The lowest BCUT2D eigenvalue weighted by Crippen LogP contribution is -2.49. The molecule has 1 saturated heterocycles. The van der Waals surface area contributed by atoms with E-state index in [2.05, 4.69) is 26.8 Å². The molecule has 0 saturated carbocycles. The Hall–Kier alpha value is -2.64. The Morgan fingerprint density at radius 1 is 1.27 bits per heavy atom. The van der Waals surface area contributed by atoms with Gasteiger partial charge < -0.3 is 19.5 Å². The molecule has 0 unspecified atom stereocenters. The van der Waals surface area contributed by atoms with E-state index < -0.39 is 5.60 Å². The van der Waals surface area contributed by atoms with E-state index >= 15 is 0 Å². The standard InChI is InChI=1S/C22H32N6O2/c1-13-12-28(21(29)30-22(3,4)5)10-9-16(13)25-20-23-11-15-7-8-17-19(18(15)26-20)27(6)14(2)24-17/h11,13,16H,7-10,12H2,1-6H3,(H,23,25,26)/t13-,16+/m1/s1. The van der Waals surface area contributed by atoms with Crippen LogP contribution < -0.4 is 5.32 Å². The highest BCUT2D eigenvalue weighted by Crippen LogP contribution is 2.32. The Balaban J connectivity index is 1.47. The van der Waals surface area contributed by atoms with Crippen molar-refractivity contribution in [3.8, 4) is 11.4 Å². The van der Waals surface area contributed by atoms with Gasteiger partial charge >= 0.3 is 6.09 Å². The number of aromatic nitrogens is 4. The maximum absolute atomic E-state index is 12.4. The summed E-state index contributed by atoms with van der Waals surface area (Å²) in [6.07, 6.45) is 4.38. The third kappa shape index (κ3) is 4.00. The zero-order chi connectivity index (χ0) is 21.6. The van der Waals surface area contributed by atoms with Gasteiger partial charge in [0, 0.05) is 32.4 Å². The lowest BCUT2D eigenvalue weighted by Gasteiger charge is -2.37. The zero-order valence-electron chi connectivity index (χ0n) is 18.8. The molecule has 0 aromatic carbocycles. The highest BCUT2D eigenvalue weighted by atomic mass is 16.6. The number of hydrogen-bond acceptors (Lipinski definition) is 6. The Morgan fingerprint density at radius 3 is 2.73 bits per heavy atom. The quantitative estimate of drug-likeness (QED) is 0.814. The third-order valence-corrected chi connectivity index (χ3v) is 5.98. The average molecular weight is 413 g/mol. The molecule has 2 aliphatic rings. The van der Waals surface area contributed by atoms with Crippen molar-refractivity contribution in [2.45, 2.75) is 65.5 Å². The number of carbonyl (C=O) groups is 1. The molecule has 1 fully saturated rings. The van der Waals surface area contributed by atoms with Crippen LogP contribution in [0.2, 0.25) is 0 Å². The van der Waals surface area contributed by atoms with Crippen LogP contribution in [0.4, 0.5) is 10.7 Å². The number of nitrogens with one attached hydrogen (secondary N) is 1. The molecule has 4 rings (SSSR count). The van der Waals surface area contributed by atoms with Gasteiger partial charge in [-0.05, 0) is 58.4 Å². The molecular formula is C22H32N6O2. The summed E-state index contributed by atoms with van der Waals surface area (Å²) in [5.74, 6) is 1.91. The number of piperidine rings is 1. The van der Waals surface area contributed by atoms with E-state index in [0.29, 0.717) is 19.0 Å². The van der Waals surface area contributed by atoms with Crippen LogP contribution in [-0.4, -0.2) is 55.2 Å². The molecule has 0 bridgehead atoms. The topological polar surface area (TPSA) is 85.2 Å². The number of imidazole rings is 1. The number of amides is 1. The van der Waals surface area contributed by atoms with E-state index in [1.54, 1.807) is 4.90 Å². The van der Waals surface area contributed by atoms with Gasteiger partial charge in [0.2, 0.25) is 5.95 Å². The molecule has 0 radical (unpaired) electrons. The minimum atomic E-state index is -0.477. The van der Waals surface area contributed by atoms with Crippen LogP contribution in [0.25, 0.3) is 11.4 Å².